The molecule has 8 heteroatoms. The lowest BCUT2D eigenvalue weighted by Gasteiger charge is -2.35. The quantitative estimate of drug-likeness (QED) is 0.614. The SMILES string of the molecule is O=C(c1coc(-c2ccc(Cl)c(Cl)c2)n1)N1CCN(c2ccc(F)cc2)CC1. The first-order valence-electron chi connectivity index (χ1n) is 8.72. The van der Waals surface area contributed by atoms with Crippen LogP contribution < -0.4 is 4.90 Å². The van der Waals surface area contributed by atoms with E-state index in [-0.39, 0.29) is 17.4 Å². The molecule has 4 rings (SSSR count). The lowest BCUT2D eigenvalue weighted by Crippen LogP contribution is -2.48. The van der Waals surface area contributed by atoms with Crippen molar-refractivity contribution in [2.75, 3.05) is 31.1 Å². The van der Waals surface area contributed by atoms with E-state index in [4.69, 9.17) is 27.6 Å². The zero-order valence-corrected chi connectivity index (χ0v) is 16.3. The summed E-state index contributed by atoms with van der Waals surface area (Å²) in [5, 5.41) is 0.828. The maximum atomic E-state index is 13.1. The summed E-state index contributed by atoms with van der Waals surface area (Å²) in [7, 11) is 0. The number of piperazine rings is 1. The van der Waals surface area contributed by atoms with Crippen LogP contribution in [0.1, 0.15) is 10.5 Å². The van der Waals surface area contributed by atoms with Gasteiger partial charge in [-0.3, -0.25) is 4.79 Å². The van der Waals surface area contributed by atoms with Gasteiger partial charge < -0.3 is 14.2 Å². The fraction of sp³-hybridized carbons (Fsp3) is 0.200. The molecule has 0 aliphatic carbocycles. The van der Waals surface area contributed by atoms with Crippen LogP contribution in [0.25, 0.3) is 11.5 Å². The van der Waals surface area contributed by atoms with E-state index in [0.29, 0.717) is 47.7 Å². The van der Waals surface area contributed by atoms with Gasteiger partial charge in [0.2, 0.25) is 5.89 Å². The maximum absolute atomic E-state index is 13.1. The van der Waals surface area contributed by atoms with Crippen molar-refractivity contribution in [2.24, 2.45) is 0 Å². The zero-order chi connectivity index (χ0) is 19.7. The Labute approximate surface area is 171 Å². The Morgan fingerprint density at radius 2 is 1.71 bits per heavy atom. The van der Waals surface area contributed by atoms with E-state index in [1.54, 1.807) is 35.2 Å². The largest absolute Gasteiger partial charge is 0.444 e. The zero-order valence-electron chi connectivity index (χ0n) is 14.7. The molecule has 0 saturated carbocycles. The summed E-state index contributed by atoms with van der Waals surface area (Å²) in [6.07, 6.45) is 1.35. The Morgan fingerprint density at radius 3 is 2.39 bits per heavy atom. The van der Waals surface area contributed by atoms with Crippen LogP contribution in [0, 0.1) is 5.82 Å². The van der Waals surface area contributed by atoms with Crippen molar-refractivity contribution in [2.45, 2.75) is 0 Å². The summed E-state index contributed by atoms with van der Waals surface area (Å²) < 4.78 is 18.5. The van der Waals surface area contributed by atoms with E-state index >= 15 is 0 Å². The monoisotopic (exact) mass is 419 g/mol. The second kappa shape index (κ2) is 7.81. The summed E-state index contributed by atoms with van der Waals surface area (Å²) in [6.45, 7) is 2.42. The van der Waals surface area contributed by atoms with Gasteiger partial charge in [-0.25, -0.2) is 9.37 Å². The lowest BCUT2D eigenvalue weighted by atomic mass is 10.2. The first-order valence-corrected chi connectivity index (χ1v) is 9.47. The average molecular weight is 420 g/mol. The molecule has 2 aromatic carbocycles. The smallest absolute Gasteiger partial charge is 0.275 e. The number of carbonyl (C=O) groups is 1. The Balaban J connectivity index is 1.42. The van der Waals surface area contributed by atoms with Crippen LogP contribution in [0.5, 0.6) is 0 Å². The van der Waals surface area contributed by atoms with Gasteiger partial charge in [-0.2, -0.15) is 0 Å². The Kier molecular flexibility index (Phi) is 5.24. The van der Waals surface area contributed by atoms with Crippen molar-refractivity contribution in [1.29, 1.82) is 0 Å². The van der Waals surface area contributed by atoms with Gasteiger partial charge in [0.1, 0.15) is 12.1 Å². The molecule has 0 radical (unpaired) electrons. The number of hydrogen-bond donors (Lipinski definition) is 0. The van der Waals surface area contributed by atoms with Crippen LogP contribution in [0.2, 0.25) is 10.0 Å². The first kappa shape index (κ1) is 18.8. The van der Waals surface area contributed by atoms with E-state index in [1.807, 2.05) is 0 Å². The summed E-state index contributed by atoms with van der Waals surface area (Å²) in [6, 6.07) is 11.4. The summed E-state index contributed by atoms with van der Waals surface area (Å²) in [5.74, 6) is -0.137. The van der Waals surface area contributed by atoms with Crippen molar-refractivity contribution >= 4 is 34.8 Å². The second-order valence-electron chi connectivity index (χ2n) is 6.42. The van der Waals surface area contributed by atoms with E-state index in [0.717, 1.165) is 5.69 Å². The number of halogens is 3. The summed E-state index contributed by atoms with van der Waals surface area (Å²) in [4.78, 5) is 20.9. The Bertz CT molecular complexity index is 999. The number of carbonyl (C=O) groups excluding carboxylic acids is 1. The number of anilines is 1. The molecule has 2 heterocycles. The van der Waals surface area contributed by atoms with Gasteiger partial charge in [0.25, 0.3) is 5.91 Å². The predicted octanol–water partition coefficient (Wildman–Crippen LogP) is 4.75. The van der Waals surface area contributed by atoms with Crippen molar-refractivity contribution in [1.82, 2.24) is 9.88 Å². The minimum Gasteiger partial charge on any atom is -0.444 e. The third-order valence-corrected chi connectivity index (χ3v) is 5.39. The molecule has 1 amide bonds. The van der Waals surface area contributed by atoms with E-state index in [1.165, 1.54) is 18.4 Å². The van der Waals surface area contributed by atoms with Gasteiger partial charge in [-0.05, 0) is 42.5 Å². The molecule has 1 aliphatic rings. The van der Waals surface area contributed by atoms with Gasteiger partial charge in [-0.15, -0.1) is 0 Å². The molecular weight excluding hydrogens is 404 g/mol. The van der Waals surface area contributed by atoms with Gasteiger partial charge in [0, 0.05) is 37.4 Å². The molecule has 1 fully saturated rings. The second-order valence-corrected chi connectivity index (χ2v) is 7.24. The highest BCUT2D eigenvalue weighted by atomic mass is 35.5. The number of benzene rings is 2. The normalized spacial score (nSPS) is 14.4. The standard InChI is InChI=1S/C20H16Cl2FN3O2/c21-16-6-1-13(11-17(16)22)19-24-18(12-28-19)20(27)26-9-7-25(8-10-26)15-4-2-14(23)3-5-15/h1-6,11-12H,7-10H2. The molecule has 1 aliphatic heterocycles. The Hall–Kier alpha value is -2.57. The minimum absolute atomic E-state index is 0.186. The highest BCUT2D eigenvalue weighted by Gasteiger charge is 2.25. The molecule has 0 unspecified atom stereocenters. The number of amides is 1. The van der Waals surface area contributed by atoms with E-state index in [2.05, 4.69) is 9.88 Å². The van der Waals surface area contributed by atoms with Gasteiger partial charge in [-0.1, -0.05) is 23.2 Å². The van der Waals surface area contributed by atoms with Gasteiger partial charge in [0.05, 0.1) is 10.0 Å². The van der Waals surface area contributed by atoms with E-state index in [9.17, 15) is 9.18 Å². The molecule has 3 aromatic rings. The highest BCUT2D eigenvalue weighted by Crippen LogP contribution is 2.28. The van der Waals surface area contributed by atoms with Crippen LogP contribution in [-0.2, 0) is 0 Å². The Morgan fingerprint density at radius 1 is 1.00 bits per heavy atom. The number of hydrogen-bond acceptors (Lipinski definition) is 4. The number of oxazole rings is 1. The summed E-state index contributed by atoms with van der Waals surface area (Å²) in [5.41, 5.74) is 1.84. The van der Waals surface area contributed by atoms with Gasteiger partial charge in [0.15, 0.2) is 5.69 Å². The van der Waals surface area contributed by atoms with Crippen LogP contribution in [0.15, 0.2) is 53.1 Å². The summed E-state index contributed by atoms with van der Waals surface area (Å²) >= 11 is 11.9. The molecule has 0 bridgehead atoms. The highest BCUT2D eigenvalue weighted by molar-refractivity contribution is 6.42. The first-order chi connectivity index (χ1) is 13.5. The number of nitrogens with zero attached hydrogens (tertiary/aromatic N) is 3. The number of rotatable bonds is 3. The van der Waals surface area contributed by atoms with Crippen molar-refractivity contribution in [3.8, 4) is 11.5 Å². The number of aromatic nitrogens is 1. The lowest BCUT2D eigenvalue weighted by molar-refractivity contribution is 0.0741. The van der Waals surface area contributed by atoms with Crippen LogP contribution in [0.4, 0.5) is 10.1 Å². The molecule has 1 aromatic heterocycles. The van der Waals surface area contributed by atoms with E-state index < -0.39 is 0 Å². The molecule has 0 atom stereocenters. The van der Waals surface area contributed by atoms with Crippen LogP contribution in [-0.4, -0.2) is 42.0 Å². The van der Waals surface area contributed by atoms with Crippen molar-refractivity contribution in [3.63, 3.8) is 0 Å². The van der Waals surface area contributed by atoms with Crippen molar-refractivity contribution < 1.29 is 13.6 Å². The molecule has 144 valence electrons. The average Bonchev–Trinajstić information content (AvgIpc) is 3.20. The molecular formula is C20H16Cl2FN3O2. The topological polar surface area (TPSA) is 49.6 Å². The molecule has 28 heavy (non-hydrogen) atoms. The maximum Gasteiger partial charge on any atom is 0.275 e. The molecule has 5 nitrogen and oxygen atoms in total. The van der Waals surface area contributed by atoms with Crippen molar-refractivity contribution in [3.05, 3.63) is 70.3 Å². The third-order valence-electron chi connectivity index (χ3n) is 4.65. The predicted molar refractivity (Wildman–Crippen MR) is 106 cm³/mol. The fourth-order valence-corrected chi connectivity index (χ4v) is 3.41. The third kappa shape index (κ3) is 3.84. The minimum atomic E-state index is -0.263. The van der Waals surface area contributed by atoms with Crippen LogP contribution in [0.3, 0.4) is 0 Å². The van der Waals surface area contributed by atoms with Gasteiger partial charge >= 0.3 is 0 Å². The molecule has 1 saturated heterocycles. The fourth-order valence-electron chi connectivity index (χ4n) is 3.12. The molecule has 0 spiro atoms. The van der Waals surface area contributed by atoms with Crippen LogP contribution >= 0.6 is 23.2 Å². The molecule has 0 N–H and O–H groups in total.